The molecular weight excluding hydrogens is 419 g/mol. The van der Waals surface area contributed by atoms with Crippen LogP contribution in [-0.4, -0.2) is 44.2 Å². The molecule has 1 aliphatic heterocycles. The van der Waals surface area contributed by atoms with Gasteiger partial charge in [0.25, 0.3) is 0 Å². The minimum atomic E-state index is -0.490. The quantitative estimate of drug-likeness (QED) is 0.513. The number of rotatable bonds is 6. The molecule has 0 amide bonds. The average molecular weight is 452 g/mol. The number of aromatic nitrogens is 1. The van der Waals surface area contributed by atoms with E-state index in [2.05, 4.69) is 70.2 Å². The van der Waals surface area contributed by atoms with Crippen LogP contribution in [0.25, 0.3) is 22.0 Å². The van der Waals surface area contributed by atoms with E-state index in [9.17, 15) is 0 Å². The smallest absolute Gasteiger partial charge is 0.430 e. The molecule has 2 aromatic carbocycles. The predicted molar refractivity (Wildman–Crippen MR) is 143 cm³/mol. The van der Waals surface area contributed by atoms with Gasteiger partial charge in [-0.1, -0.05) is 61.8 Å². The fourth-order valence-corrected chi connectivity index (χ4v) is 3.55. The molecule has 0 spiro atoms. The Bertz CT molecular complexity index is 1170. The van der Waals surface area contributed by atoms with E-state index in [1.807, 2.05) is 40.0 Å². The Morgan fingerprint density at radius 3 is 2.09 bits per heavy atom. The van der Waals surface area contributed by atoms with E-state index in [0.717, 1.165) is 33.0 Å². The molecule has 1 aliphatic rings. The van der Waals surface area contributed by atoms with Crippen molar-refractivity contribution < 1.29 is 14.0 Å². The van der Waals surface area contributed by atoms with E-state index >= 15 is 0 Å². The second kappa shape index (κ2) is 8.55. The van der Waals surface area contributed by atoms with Crippen LogP contribution in [0.5, 0.6) is 0 Å². The van der Waals surface area contributed by atoms with Crippen LogP contribution >= 0.6 is 0 Å². The summed E-state index contributed by atoms with van der Waals surface area (Å²) in [5.41, 5.74) is 2.76. The van der Waals surface area contributed by atoms with Crippen molar-refractivity contribution in [3.8, 4) is 11.3 Å². The molecule has 34 heavy (non-hydrogen) atoms. The first kappa shape index (κ1) is 25.0. The maximum Gasteiger partial charge on any atom is 0.494 e. The molecule has 4 rings (SSSR count). The first-order valence-electron chi connectivity index (χ1n) is 11.8. The monoisotopic (exact) mass is 452 g/mol. The van der Waals surface area contributed by atoms with Gasteiger partial charge in [0, 0.05) is 17.4 Å². The van der Waals surface area contributed by atoms with E-state index < -0.39 is 10.9 Å². The van der Waals surface area contributed by atoms with Gasteiger partial charge in [0.1, 0.15) is 0 Å². The third kappa shape index (κ3) is 4.84. The Kier molecular flexibility index (Phi) is 6.29. The van der Waals surface area contributed by atoms with Gasteiger partial charge in [-0.25, -0.2) is 0 Å². The second-order valence-electron chi connectivity index (χ2n) is 11.4. The fourth-order valence-electron chi connectivity index (χ4n) is 3.55. The van der Waals surface area contributed by atoms with E-state index in [-0.39, 0.29) is 18.3 Å². The van der Waals surface area contributed by atoms with E-state index in [1.54, 1.807) is 7.48 Å². The van der Waals surface area contributed by atoms with Crippen LogP contribution in [0.1, 0.15) is 55.4 Å². The van der Waals surface area contributed by atoms with Crippen molar-refractivity contribution in [3.63, 3.8) is 0 Å². The number of benzene rings is 2. The Balaban J connectivity index is 1.49. The summed E-state index contributed by atoms with van der Waals surface area (Å²) < 4.78 is 18.3. The van der Waals surface area contributed by atoms with E-state index in [1.165, 1.54) is 0 Å². The summed E-state index contributed by atoms with van der Waals surface area (Å²) in [5.74, 6) is 0. The standard InChI is InChI=1S/C27H33B3NO3/c1-24(2,28)25(3,4)32-29-21-12-9-19-16-23(31-17-20(19)15-21)18-10-13-22(14-11-18)30-33-26(5,6)27(7,8)34-30/h9-17H,1-8H3. The van der Waals surface area contributed by atoms with Crippen LogP contribution in [0.15, 0.2) is 54.7 Å². The molecule has 0 bridgehead atoms. The first-order valence-corrected chi connectivity index (χ1v) is 11.8. The topological polar surface area (TPSA) is 40.6 Å². The van der Waals surface area contributed by atoms with Gasteiger partial charge in [-0.05, 0) is 69.2 Å². The highest BCUT2D eigenvalue weighted by Gasteiger charge is 2.51. The molecule has 4 nitrogen and oxygen atoms in total. The van der Waals surface area contributed by atoms with Crippen molar-refractivity contribution in [2.45, 2.75) is 77.5 Å². The summed E-state index contributed by atoms with van der Waals surface area (Å²) in [4.78, 5) is 4.70. The van der Waals surface area contributed by atoms with Gasteiger partial charge in [0.15, 0.2) is 0 Å². The highest BCUT2D eigenvalue weighted by molar-refractivity contribution is 6.62. The molecule has 1 fully saturated rings. The largest absolute Gasteiger partial charge is 0.494 e. The van der Waals surface area contributed by atoms with Gasteiger partial charge in [-0.2, -0.15) is 0 Å². The third-order valence-electron chi connectivity index (χ3n) is 7.52. The molecule has 173 valence electrons. The summed E-state index contributed by atoms with van der Waals surface area (Å²) in [6, 6.07) is 16.6. The number of hydrogen-bond donors (Lipinski definition) is 0. The number of fused-ring (bicyclic) bond motifs is 1. The zero-order valence-corrected chi connectivity index (χ0v) is 21.6. The number of nitrogens with zero attached hydrogens (tertiary/aromatic N) is 1. The summed E-state index contributed by atoms with van der Waals surface area (Å²) >= 11 is 0. The van der Waals surface area contributed by atoms with Crippen molar-refractivity contribution in [2.75, 3.05) is 0 Å². The van der Waals surface area contributed by atoms with Crippen molar-refractivity contribution in [1.82, 2.24) is 4.98 Å². The summed E-state index contributed by atoms with van der Waals surface area (Å²) in [6.45, 7) is 16.2. The maximum atomic E-state index is 6.24. The van der Waals surface area contributed by atoms with Gasteiger partial charge < -0.3 is 14.0 Å². The molecule has 3 radical (unpaired) electrons. The molecule has 0 unspecified atom stereocenters. The molecule has 7 heteroatoms. The molecular formula is C27H33B3NO3. The van der Waals surface area contributed by atoms with Crippen LogP contribution in [0.3, 0.4) is 0 Å². The van der Waals surface area contributed by atoms with Crippen LogP contribution in [0.2, 0.25) is 5.31 Å². The summed E-state index contributed by atoms with van der Waals surface area (Å²) in [7, 11) is 7.65. The van der Waals surface area contributed by atoms with Gasteiger partial charge in [-0.15, -0.1) is 0 Å². The zero-order valence-electron chi connectivity index (χ0n) is 21.6. The molecule has 0 aliphatic carbocycles. The summed E-state index contributed by atoms with van der Waals surface area (Å²) in [5, 5.41) is 1.71. The Labute approximate surface area is 206 Å². The van der Waals surface area contributed by atoms with Crippen molar-refractivity contribution in [1.29, 1.82) is 0 Å². The SMILES string of the molecule is [B]C(C)(C)C(C)(C)O[B]c1ccc2cc(-c3ccc(B4OC(C)(C)C(C)(C)O4)cc3)ncc2c1. The fraction of sp³-hybridized carbons (Fsp3) is 0.444. The van der Waals surface area contributed by atoms with Gasteiger partial charge in [-0.3, -0.25) is 4.98 Å². The molecule has 3 aromatic rings. The average Bonchev–Trinajstić information content (AvgIpc) is 2.98. The third-order valence-corrected chi connectivity index (χ3v) is 7.52. The Hall–Kier alpha value is -2.08. The number of pyridine rings is 1. The highest BCUT2D eigenvalue weighted by Crippen LogP contribution is 2.37. The van der Waals surface area contributed by atoms with Crippen LogP contribution in [0, 0.1) is 0 Å². The van der Waals surface area contributed by atoms with Crippen molar-refractivity contribution in [3.05, 3.63) is 54.7 Å². The van der Waals surface area contributed by atoms with Gasteiger partial charge in [0.05, 0.1) is 24.7 Å². The number of hydrogen-bond acceptors (Lipinski definition) is 4. The Morgan fingerprint density at radius 2 is 1.50 bits per heavy atom. The normalized spacial score (nSPS) is 17.8. The maximum absolute atomic E-state index is 6.24. The minimum Gasteiger partial charge on any atom is -0.430 e. The van der Waals surface area contributed by atoms with E-state index in [0.29, 0.717) is 0 Å². The zero-order chi connectivity index (χ0) is 24.9. The molecule has 1 aromatic heterocycles. The second-order valence-corrected chi connectivity index (χ2v) is 11.4. The van der Waals surface area contributed by atoms with Gasteiger partial charge >= 0.3 is 14.6 Å². The lowest BCUT2D eigenvalue weighted by molar-refractivity contribution is 0.00578. The first-order chi connectivity index (χ1) is 15.7. The predicted octanol–water partition coefficient (Wildman–Crippen LogP) is 4.61. The van der Waals surface area contributed by atoms with Crippen molar-refractivity contribution in [2.24, 2.45) is 0 Å². The lowest BCUT2D eigenvalue weighted by Crippen LogP contribution is -2.41. The van der Waals surface area contributed by atoms with Crippen LogP contribution in [-0.2, 0) is 14.0 Å². The molecule has 2 heterocycles. The lowest BCUT2D eigenvalue weighted by atomic mass is 9.61. The van der Waals surface area contributed by atoms with Crippen LogP contribution < -0.4 is 10.9 Å². The highest BCUT2D eigenvalue weighted by atomic mass is 16.7. The minimum absolute atomic E-state index is 0.353. The van der Waals surface area contributed by atoms with E-state index in [4.69, 9.17) is 26.8 Å². The molecule has 0 N–H and O–H groups in total. The molecule has 0 atom stereocenters. The summed E-state index contributed by atoms with van der Waals surface area (Å²) in [6.07, 6.45) is 1.90. The molecule has 0 saturated carbocycles. The van der Waals surface area contributed by atoms with Crippen molar-refractivity contribution >= 4 is 44.1 Å². The Morgan fingerprint density at radius 1 is 0.882 bits per heavy atom. The van der Waals surface area contributed by atoms with Crippen LogP contribution in [0.4, 0.5) is 0 Å². The van der Waals surface area contributed by atoms with Gasteiger partial charge in [0.2, 0.25) is 0 Å². The lowest BCUT2D eigenvalue weighted by Gasteiger charge is -2.39. The molecule has 1 saturated heterocycles.